The SMILES string of the molecule is CCN(CCOC)c1ccc([N+](=O)[O-])cc1C=O. The summed E-state index contributed by atoms with van der Waals surface area (Å²) in [5, 5.41) is 10.6. The summed E-state index contributed by atoms with van der Waals surface area (Å²) in [5.74, 6) is 0. The Labute approximate surface area is 105 Å². The maximum absolute atomic E-state index is 11.0. The zero-order valence-corrected chi connectivity index (χ0v) is 10.5. The summed E-state index contributed by atoms with van der Waals surface area (Å²) in [7, 11) is 1.60. The minimum Gasteiger partial charge on any atom is -0.383 e. The minimum atomic E-state index is -0.512. The number of aldehydes is 1. The number of likely N-dealkylation sites (N-methyl/N-ethyl adjacent to an activating group) is 1. The third-order valence-corrected chi connectivity index (χ3v) is 2.64. The molecule has 0 saturated heterocycles. The van der Waals surface area contributed by atoms with Gasteiger partial charge in [0.15, 0.2) is 6.29 Å². The van der Waals surface area contributed by atoms with Crippen LogP contribution in [-0.4, -0.2) is 38.0 Å². The lowest BCUT2D eigenvalue weighted by Gasteiger charge is -2.23. The molecule has 0 atom stereocenters. The summed E-state index contributed by atoms with van der Waals surface area (Å²) in [6, 6.07) is 4.29. The van der Waals surface area contributed by atoms with Crippen LogP contribution in [0.2, 0.25) is 0 Å². The highest BCUT2D eigenvalue weighted by atomic mass is 16.6. The molecule has 0 aliphatic carbocycles. The lowest BCUT2D eigenvalue weighted by Crippen LogP contribution is -2.27. The first-order valence-corrected chi connectivity index (χ1v) is 5.61. The van der Waals surface area contributed by atoms with Crippen LogP contribution in [0.4, 0.5) is 11.4 Å². The number of hydrogen-bond acceptors (Lipinski definition) is 5. The molecule has 1 aromatic rings. The maximum atomic E-state index is 11.0. The fourth-order valence-corrected chi connectivity index (χ4v) is 1.69. The Hall–Kier alpha value is -1.95. The van der Waals surface area contributed by atoms with Crippen LogP contribution in [0, 0.1) is 10.1 Å². The van der Waals surface area contributed by atoms with E-state index in [9.17, 15) is 14.9 Å². The lowest BCUT2D eigenvalue weighted by molar-refractivity contribution is -0.384. The zero-order valence-electron chi connectivity index (χ0n) is 10.5. The highest BCUT2D eigenvalue weighted by Gasteiger charge is 2.14. The van der Waals surface area contributed by atoms with Crippen LogP contribution in [0.3, 0.4) is 0 Å². The van der Waals surface area contributed by atoms with Gasteiger partial charge in [-0.15, -0.1) is 0 Å². The van der Waals surface area contributed by atoms with Crippen LogP contribution in [0.25, 0.3) is 0 Å². The standard InChI is InChI=1S/C12H16N2O4/c1-3-13(6-7-18-2)12-5-4-11(14(16)17)8-10(12)9-15/h4-5,8-9H,3,6-7H2,1-2H3. The van der Waals surface area contributed by atoms with Crippen molar-refractivity contribution >= 4 is 17.7 Å². The van der Waals surface area contributed by atoms with Gasteiger partial charge in [-0.3, -0.25) is 14.9 Å². The normalized spacial score (nSPS) is 10.1. The van der Waals surface area contributed by atoms with Gasteiger partial charge in [-0.05, 0) is 13.0 Å². The molecule has 0 radical (unpaired) electrons. The second-order valence-electron chi connectivity index (χ2n) is 3.69. The van der Waals surface area contributed by atoms with E-state index in [0.29, 0.717) is 37.2 Å². The summed E-state index contributed by atoms with van der Waals surface area (Å²) in [6.45, 7) is 3.81. The number of carbonyl (C=O) groups is 1. The van der Waals surface area contributed by atoms with Crippen LogP contribution < -0.4 is 4.90 Å². The van der Waals surface area contributed by atoms with Crippen LogP contribution in [0.15, 0.2) is 18.2 Å². The number of anilines is 1. The Morgan fingerprint density at radius 3 is 2.72 bits per heavy atom. The molecule has 0 aromatic heterocycles. The van der Waals surface area contributed by atoms with E-state index < -0.39 is 4.92 Å². The Morgan fingerprint density at radius 2 is 2.22 bits per heavy atom. The van der Waals surface area contributed by atoms with Crippen LogP contribution >= 0.6 is 0 Å². The van der Waals surface area contributed by atoms with Crippen molar-refractivity contribution < 1.29 is 14.5 Å². The number of benzene rings is 1. The zero-order chi connectivity index (χ0) is 13.5. The average Bonchev–Trinajstić information content (AvgIpc) is 2.39. The number of nitro groups is 1. The smallest absolute Gasteiger partial charge is 0.270 e. The number of nitro benzene ring substituents is 1. The van der Waals surface area contributed by atoms with E-state index in [4.69, 9.17) is 4.74 Å². The van der Waals surface area contributed by atoms with Gasteiger partial charge in [0.25, 0.3) is 5.69 Å². The second-order valence-corrected chi connectivity index (χ2v) is 3.69. The molecule has 0 spiro atoms. The topological polar surface area (TPSA) is 72.7 Å². The Bertz CT molecular complexity index is 434. The lowest BCUT2D eigenvalue weighted by atomic mass is 10.1. The Balaban J connectivity index is 3.06. The van der Waals surface area contributed by atoms with Crippen LogP contribution in [0.1, 0.15) is 17.3 Å². The molecule has 6 heteroatoms. The molecular formula is C12H16N2O4. The Morgan fingerprint density at radius 1 is 1.50 bits per heavy atom. The van der Waals surface area contributed by atoms with E-state index >= 15 is 0 Å². The number of methoxy groups -OCH3 is 1. The maximum Gasteiger partial charge on any atom is 0.270 e. The van der Waals surface area contributed by atoms with Crippen molar-refractivity contribution in [2.24, 2.45) is 0 Å². The molecule has 0 amide bonds. The molecule has 1 rings (SSSR count). The minimum absolute atomic E-state index is 0.0800. The van der Waals surface area contributed by atoms with Crippen molar-refractivity contribution in [3.05, 3.63) is 33.9 Å². The molecule has 0 aliphatic rings. The highest BCUT2D eigenvalue weighted by Crippen LogP contribution is 2.24. The number of ether oxygens (including phenoxy) is 1. The van der Waals surface area contributed by atoms with E-state index in [1.54, 1.807) is 13.2 Å². The predicted molar refractivity (Wildman–Crippen MR) is 68.2 cm³/mol. The quantitative estimate of drug-likeness (QED) is 0.421. The van der Waals surface area contributed by atoms with E-state index in [1.165, 1.54) is 12.1 Å². The number of nitrogens with zero attached hydrogens (tertiary/aromatic N) is 2. The predicted octanol–water partition coefficient (Wildman–Crippen LogP) is 1.88. The van der Waals surface area contributed by atoms with Gasteiger partial charge in [0.1, 0.15) is 0 Å². The first-order chi connectivity index (χ1) is 8.63. The fourth-order valence-electron chi connectivity index (χ4n) is 1.69. The summed E-state index contributed by atoms with van der Waals surface area (Å²) in [6.07, 6.45) is 0.637. The first-order valence-electron chi connectivity index (χ1n) is 5.61. The monoisotopic (exact) mass is 252 g/mol. The van der Waals surface area contributed by atoms with E-state index in [0.717, 1.165) is 0 Å². The van der Waals surface area contributed by atoms with Crippen LogP contribution in [0.5, 0.6) is 0 Å². The summed E-state index contributed by atoms with van der Waals surface area (Å²) in [5.41, 5.74) is 0.931. The van der Waals surface area contributed by atoms with Crippen LogP contribution in [-0.2, 0) is 4.74 Å². The van der Waals surface area contributed by atoms with Crippen molar-refractivity contribution in [3.8, 4) is 0 Å². The molecule has 0 fully saturated rings. The molecule has 6 nitrogen and oxygen atoms in total. The largest absolute Gasteiger partial charge is 0.383 e. The van der Waals surface area contributed by atoms with Crippen molar-refractivity contribution in [3.63, 3.8) is 0 Å². The highest BCUT2D eigenvalue weighted by molar-refractivity contribution is 5.85. The summed E-state index contributed by atoms with van der Waals surface area (Å²) < 4.78 is 4.99. The van der Waals surface area contributed by atoms with Gasteiger partial charge in [-0.1, -0.05) is 0 Å². The molecule has 0 N–H and O–H groups in total. The third-order valence-electron chi connectivity index (χ3n) is 2.64. The molecule has 18 heavy (non-hydrogen) atoms. The Kier molecular flexibility index (Phi) is 5.26. The third kappa shape index (κ3) is 3.27. The number of hydrogen-bond donors (Lipinski definition) is 0. The van der Waals surface area contributed by atoms with Gasteiger partial charge < -0.3 is 9.64 Å². The van der Waals surface area contributed by atoms with E-state index in [-0.39, 0.29) is 5.69 Å². The molecular weight excluding hydrogens is 236 g/mol. The molecule has 0 heterocycles. The summed E-state index contributed by atoms with van der Waals surface area (Å²) in [4.78, 5) is 23.1. The van der Waals surface area contributed by atoms with Gasteiger partial charge in [0.2, 0.25) is 0 Å². The molecule has 0 aliphatic heterocycles. The van der Waals surface area contributed by atoms with Gasteiger partial charge in [-0.2, -0.15) is 0 Å². The second kappa shape index (κ2) is 6.70. The molecule has 0 saturated carbocycles. The first kappa shape index (κ1) is 14.1. The van der Waals surface area contributed by atoms with E-state index in [2.05, 4.69) is 0 Å². The average molecular weight is 252 g/mol. The molecule has 98 valence electrons. The van der Waals surface area contributed by atoms with E-state index in [1.807, 2.05) is 11.8 Å². The molecule has 1 aromatic carbocycles. The van der Waals surface area contributed by atoms with Gasteiger partial charge in [0, 0.05) is 43.6 Å². The van der Waals surface area contributed by atoms with Crippen molar-refractivity contribution in [2.45, 2.75) is 6.92 Å². The summed E-state index contributed by atoms with van der Waals surface area (Å²) >= 11 is 0. The van der Waals surface area contributed by atoms with Crippen molar-refractivity contribution in [1.82, 2.24) is 0 Å². The molecule has 0 bridgehead atoms. The van der Waals surface area contributed by atoms with Crippen molar-refractivity contribution in [1.29, 1.82) is 0 Å². The number of non-ortho nitro benzene ring substituents is 1. The number of carbonyl (C=O) groups excluding carboxylic acids is 1. The van der Waals surface area contributed by atoms with Gasteiger partial charge >= 0.3 is 0 Å². The van der Waals surface area contributed by atoms with Gasteiger partial charge in [0.05, 0.1) is 11.5 Å². The molecule has 0 unspecified atom stereocenters. The fraction of sp³-hybridized carbons (Fsp3) is 0.417. The van der Waals surface area contributed by atoms with Gasteiger partial charge in [-0.25, -0.2) is 0 Å². The van der Waals surface area contributed by atoms with Crippen molar-refractivity contribution in [2.75, 3.05) is 31.7 Å². The number of rotatable bonds is 7.